The molecule has 0 aliphatic heterocycles. The average Bonchev–Trinajstić information content (AvgIpc) is 2.96. The molecule has 10 atom stereocenters. The lowest BCUT2D eigenvalue weighted by atomic mass is 9.41. The standard InChI is InChI=1S/C26H42O5/c1-15(30-16(2)27)21-9-10-22-20-8-7-18-13-19(31-17(3)28)11-12-24(18,4)23(20)26(6,29)14-25(21,22)5/h15,18-23,29H,7-14H2,1-6H3/t15-,18-,19+,20+,21+,22-,23-,24-,25+,26-/m0/s1. The highest BCUT2D eigenvalue weighted by atomic mass is 16.5. The number of ether oxygens (including phenoxy) is 2. The highest BCUT2D eigenvalue weighted by Crippen LogP contribution is 2.70. The van der Waals surface area contributed by atoms with Crippen molar-refractivity contribution in [3.8, 4) is 0 Å². The van der Waals surface area contributed by atoms with Gasteiger partial charge in [-0.15, -0.1) is 0 Å². The summed E-state index contributed by atoms with van der Waals surface area (Å²) in [5.41, 5.74) is -0.655. The number of aliphatic hydroxyl groups is 1. The summed E-state index contributed by atoms with van der Waals surface area (Å²) in [6, 6.07) is 0. The van der Waals surface area contributed by atoms with E-state index in [4.69, 9.17) is 9.47 Å². The van der Waals surface area contributed by atoms with Gasteiger partial charge in [0.05, 0.1) is 5.60 Å². The molecule has 4 rings (SSSR count). The minimum atomic E-state index is -0.740. The van der Waals surface area contributed by atoms with Gasteiger partial charge in [-0.05, 0) is 99.7 Å². The predicted octanol–water partition coefficient (Wildman–Crippen LogP) is 4.89. The second kappa shape index (κ2) is 7.74. The molecule has 4 aliphatic carbocycles. The predicted molar refractivity (Wildman–Crippen MR) is 118 cm³/mol. The summed E-state index contributed by atoms with van der Waals surface area (Å²) in [5.74, 6) is 1.77. The van der Waals surface area contributed by atoms with Crippen LogP contribution in [0.25, 0.3) is 0 Å². The van der Waals surface area contributed by atoms with Gasteiger partial charge in [0, 0.05) is 19.8 Å². The van der Waals surface area contributed by atoms with Gasteiger partial charge in [-0.2, -0.15) is 0 Å². The summed E-state index contributed by atoms with van der Waals surface area (Å²) in [6.07, 6.45) is 8.09. The van der Waals surface area contributed by atoms with Crippen LogP contribution < -0.4 is 0 Å². The van der Waals surface area contributed by atoms with Gasteiger partial charge in [0.1, 0.15) is 12.2 Å². The molecular weight excluding hydrogens is 392 g/mol. The minimum absolute atomic E-state index is 0.00231. The van der Waals surface area contributed by atoms with Gasteiger partial charge < -0.3 is 14.6 Å². The van der Waals surface area contributed by atoms with Crippen molar-refractivity contribution in [2.24, 2.45) is 40.4 Å². The lowest BCUT2D eigenvalue weighted by Crippen LogP contribution is -2.64. The van der Waals surface area contributed by atoms with Crippen molar-refractivity contribution in [1.82, 2.24) is 0 Å². The van der Waals surface area contributed by atoms with E-state index in [2.05, 4.69) is 20.8 Å². The first-order valence-electron chi connectivity index (χ1n) is 12.5. The molecule has 0 heterocycles. The van der Waals surface area contributed by atoms with Gasteiger partial charge in [0.15, 0.2) is 0 Å². The van der Waals surface area contributed by atoms with Crippen molar-refractivity contribution in [3.05, 3.63) is 0 Å². The van der Waals surface area contributed by atoms with E-state index >= 15 is 0 Å². The molecule has 0 spiro atoms. The first-order valence-corrected chi connectivity index (χ1v) is 12.5. The topological polar surface area (TPSA) is 72.8 Å². The second-order valence-electron chi connectivity index (χ2n) is 12.1. The van der Waals surface area contributed by atoms with Crippen molar-refractivity contribution in [2.45, 2.75) is 111 Å². The molecule has 1 N–H and O–H groups in total. The monoisotopic (exact) mass is 434 g/mol. The molecular formula is C26H42O5. The SMILES string of the molecule is CC(=O)O[C@@H]1CC[C@@]2(C)[C@@H](CC[C@@H]3[C@@H]4CC[C@H]([C@H](C)OC(C)=O)[C@@]4(C)C[C@](C)(O)[C@@H]32)C1. The van der Waals surface area contributed by atoms with E-state index < -0.39 is 5.60 Å². The van der Waals surface area contributed by atoms with E-state index in [0.29, 0.717) is 23.7 Å². The fraction of sp³-hybridized carbons (Fsp3) is 0.923. The number of hydrogen-bond acceptors (Lipinski definition) is 5. The zero-order chi connectivity index (χ0) is 22.8. The van der Waals surface area contributed by atoms with E-state index in [1.165, 1.54) is 20.3 Å². The lowest BCUT2D eigenvalue weighted by molar-refractivity contribution is -0.225. The maximum absolute atomic E-state index is 12.0. The maximum atomic E-state index is 12.0. The van der Waals surface area contributed by atoms with Crippen molar-refractivity contribution in [3.63, 3.8) is 0 Å². The molecule has 5 nitrogen and oxygen atoms in total. The highest BCUT2D eigenvalue weighted by Gasteiger charge is 2.67. The second-order valence-corrected chi connectivity index (χ2v) is 12.1. The number of carbonyl (C=O) groups is 2. The first-order chi connectivity index (χ1) is 14.4. The largest absolute Gasteiger partial charge is 0.463 e. The molecule has 4 saturated carbocycles. The van der Waals surface area contributed by atoms with E-state index in [-0.39, 0.29) is 40.9 Å². The van der Waals surface area contributed by atoms with Gasteiger partial charge in [0.2, 0.25) is 0 Å². The van der Waals surface area contributed by atoms with Crippen molar-refractivity contribution >= 4 is 11.9 Å². The van der Waals surface area contributed by atoms with E-state index in [1.54, 1.807) is 0 Å². The van der Waals surface area contributed by atoms with Crippen LogP contribution in [-0.4, -0.2) is 34.9 Å². The summed E-state index contributed by atoms with van der Waals surface area (Å²) < 4.78 is 11.2. The molecule has 4 fully saturated rings. The van der Waals surface area contributed by atoms with Crippen LogP contribution in [0.5, 0.6) is 0 Å². The molecule has 0 saturated heterocycles. The molecule has 0 aromatic rings. The van der Waals surface area contributed by atoms with Crippen LogP contribution in [0.1, 0.15) is 92.9 Å². The number of hydrogen-bond donors (Lipinski definition) is 1. The third kappa shape index (κ3) is 3.73. The molecule has 0 aromatic heterocycles. The van der Waals surface area contributed by atoms with E-state index in [1.807, 2.05) is 6.92 Å². The van der Waals surface area contributed by atoms with Gasteiger partial charge in [-0.3, -0.25) is 9.59 Å². The lowest BCUT2D eigenvalue weighted by Gasteiger charge is -2.65. The van der Waals surface area contributed by atoms with Gasteiger partial charge in [0.25, 0.3) is 0 Å². The summed E-state index contributed by atoms with van der Waals surface area (Å²) in [5, 5.41) is 12.0. The van der Waals surface area contributed by atoms with Gasteiger partial charge in [-0.25, -0.2) is 0 Å². The number of carbonyl (C=O) groups excluding carboxylic acids is 2. The number of fused-ring (bicyclic) bond motifs is 5. The van der Waals surface area contributed by atoms with Crippen LogP contribution in [-0.2, 0) is 19.1 Å². The summed E-state index contributed by atoms with van der Waals surface area (Å²) in [6.45, 7) is 11.9. The fourth-order valence-corrected chi connectivity index (χ4v) is 9.49. The number of rotatable bonds is 3. The Hall–Kier alpha value is -1.10. The maximum Gasteiger partial charge on any atom is 0.302 e. The molecule has 0 aromatic carbocycles. The Morgan fingerprint density at radius 1 is 0.968 bits per heavy atom. The van der Waals surface area contributed by atoms with Crippen LogP contribution >= 0.6 is 0 Å². The molecule has 4 aliphatic rings. The van der Waals surface area contributed by atoms with Gasteiger partial charge in [-0.1, -0.05) is 13.8 Å². The highest BCUT2D eigenvalue weighted by molar-refractivity contribution is 5.66. The van der Waals surface area contributed by atoms with Crippen LogP contribution in [0.2, 0.25) is 0 Å². The van der Waals surface area contributed by atoms with Gasteiger partial charge >= 0.3 is 11.9 Å². The summed E-state index contributed by atoms with van der Waals surface area (Å²) >= 11 is 0. The third-order valence-corrected chi connectivity index (χ3v) is 10.1. The molecule has 31 heavy (non-hydrogen) atoms. The Morgan fingerprint density at radius 3 is 2.32 bits per heavy atom. The zero-order valence-corrected chi connectivity index (χ0v) is 20.3. The van der Waals surface area contributed by atoms with Crippen molar-refractivity contribution in [1.29, 1.82) is 0 Å². The third-order valence-electron chi connectivity index (χ3n) is 10.1. The van der Waals surface area contributed by atoms with Crippen molar-refractivity contribution < 1.29 is 24.2 Å². The Bertz CT molecular complexity index is 731. The molecule has 0 bridgehead atoms. The summed E-state index contributed by atoms with van der Waals surface area (Å²) in [4.78, 5) is 23.1. The Balaban J connectivity index is 1.60. The van der Waals surface area contributed by atoms with E-state index in [9.17, 15) is 14.7 Å². The smallest absolute Gasteiger partial charge is 0.302 e. The fourth-order valence-electron chi connectivity index (χ4n) is 9.49. The van der Waals surface area contributed by atoms with Crippen molar-refractivity contribution in [2.75, 3.05) is 0 Å². The Kier molecular flexibility index (Phi) is 5.76. The Labute approximate surface area is 187 Å². The van der Waals surface area contributed by atoms with Crippen LogP contribution in [0.15, 0.2) is 0 Å². The van der Waals surface area contributed by atoms with Crippen LogP contribution in [0.4, 0.5) is 0 Å². The minimum Gasteiger partial charge on any atom is -0.463 e. The molecule has 0 unspecified atom stereocenters. The quantitative estimate of drug-likeness (QED) is 0.640. The van der Waals surface area contributed by atoms with Crippen LogP contribution in [0, 0.1) is 40.4 Å². The first kappa shape index (κ1) is 23.1. The number of esters is 2. The average molecular weight is 435 g/mol. The normalized spacial score (nSPS) is 49.9. The van der Waals surface area contributed by atoms with E-state index in [0.717, 1.165) is 44.9 Å². The summed E-state index contributed by atoms with van der Waals surface area (Å²) in [7, 11) is 0. The zero-order valence-electron chi connectivity index (χ0n) is 20.3. The molecule has 0 radical (unpaired) electrons. The molecule has 5 heteroatoms. The molecule has 176 valence electrons. The van der Waals surface area contributed by atoms with Crippen LogP contribution in [0.3, 0.4) is 0 Å². The molecule has 0 amide bonds. The Morgan fingerprint density at radius 2 is 1.68 bits per heavy atom.